The second-order valence-electron chi connectivity index (χ2n) is 4.10. The topological polar surface area (TPSA) is 77.3 Å². The Kier molecular flexibility index (Phi) is 4.89. The number of hydrogen-bond acceptors (Lipinski definition) is 5. The summed E-state index contributed by atoms with van der Waals surface area (Å²) in [5.74, 6) is -0.0615. The van der Waals surface area contributed by atoms with E-state index in [0.717, 1.165) is 11.6 Å². The Bertz CT molecular complexity index is 682. The van der Waals surface area contributed by atoms with Crippen LogP contribution in [-0.4, -0.2) is 17.0 Å². The summed E-state index contributed by atoms with van der Waals surface area (Å²) >= 11 is 1.72. The van der Waals surface area contributed by atoms with Gasteiger partial charge in [0.1, 0.15) is 11.5 Å². The molecule has 2 aromatic rings. The average Bonchev–Trinajstić information content (AvgIpc) is 2.48. The van der Waals surface area contributed by atoms with Crippen LogP contribution in [0, 0.1) is 19.5 Å². The van der Waals surface area contributed by atoms with Gasteiger partial charge < -0.3 is 10.1 Å². The van der Waals surface area contributed by atoms with E-state index < -0.39 is 10.7 Å². The van der Waals surface area contributed by atoms with Gasteiger partial charge in [-0.25, -0.2) is 9.37 Å². The lowest BCUT2D eigenvalue weighted by atomic mass is 10.2. The van der Waals surface area contributed by atoms with Crippen molar-refractivity contribution < 1.29 is 14.1 Å². The molecular weight excluding hydrogens is 392 g/mol. The van der Waals surface area contributed by atoms with Crippen LogP contribution in [0.4, 0.5) is 15.8 Å². The molecule has 2 rings (SSSR count). The quantitative estimate of drug-likeness (QED) is 0.471. The van der Waals surface area contributed by atoms with E-state index in [1.54, 1.807) is 40.9 Å². The number of pyridine rings is 1. The fourth-order valence-corrected chi connectivity index (χ4v) is 2.15. The number of rotatable bonds is 5. The van der Waals surface area contributed by atoms with E-state index in [-0.39, 0.29) is 14.9 Å². The smallest absolute Gasteiger partial charge is 0.293 e. The molecule has 1 aromatic carbocycles. The SMILES string of the molecule is COc1cc(CNc2cc(F)c(I)cc2[N+](=O)[O-])ccn1. The number of halogens is 2. The molecule has 0 radical (unpaired) electrons. The summed E-state index contributed by atoms with van der Waals surface area (Å²) in [5, 5.41) is 13.9. The second kappa shape index (κ2) is 6.66. The first-order valence-corrected chi connectivity index (χ1v) is 6.95. The van der Waals surface area contributed by atoms with Crippen molar-refractivity contribution in [3.8, 4) is 5.88 Å². The summed E-state index contributed by atoms with van der Waals surface area (Å²) in [6.45, 7) is 0.291. The summed E-state index contributed by atoms with van der Waals surface area (Å²) < 4.78 is 18.8. The minimum absolute atomic E-state index is 0.133. The van der Waals surface area contributed by atoms with Gasteiger partial charge in [0.05, 0.1) is 15.6 Å². The fourth-order valence-electron chi connectivity index (χ4n) is 1.70. The van der Waals surface area contributed by atoms with E-state index in [9.17, 15) is 14.5 Å². The minimum Gasteiger partial charge on any atom is -0.481 e. The van der Waals surface area contributed by atoms with Crippen LogP contribution in [0.25, 0.3) is 0 Å². The van der Waals surface area contributed by atoms with Crippen LogP contribution in [0.5, 0.6) is 5.88 Å². The molecule has 110 valence electrons. The summed E-state index contributed by atoms with van der Waals surface area (Å²) in [4.78, 5) is 14.4. The van der Waals surface area contributed by atoms with Gasteiger partial charge in [-0.2, -0.15) is 0 Å². The van der Waals surface area contributed by atoms with Gasteiger partial charge in [0.15, 0.2) is 0 Å². The van der Waals surface area contributed by atoms with Crippen LogP contribution in [-0.2, 0) is 6.54 Å². The highest BCUT2D eigenvalue weighted by Crippen LogP contribution is 2.29. The third kappa shape index (κ3) is 3.78. The lowest BCUT2D eigenvalue weighted by Crippen LogP contribution is -2.04. The normalized spacial score (nSPS) is 10.2. The van der Waals surface area contributed by atoms with E-state index >= 15 is 0 Å². The number of nitrogens with one attached hydrogen (secondary N) is 1. The Hall–Kier alpha value is -1.97. The molecule has 0 unspecified atom stereocenters. The first-order chi connectivity index (χ1) is 10.0. The molecule has 0 atom stereocenters. The van der Waals surface area contributed by atoms with E-state index in [4.69, 9.17) is 4.74 Å². The maximum atomic E-state index is 13.6. The molecule has 0 aliphatic heterocycles. The van der Waals surface area contributed by atoms with Crippen LogP contribution in [0.2, 0.25) is 0 Å². The zero-order chi connectivity index (χ0) is 15.4. The van der Waals surface area contributed by atoms with Gasteiger partial charge in [-0.05, 0) is 34.2 Å². The van der Waals surface area contributed by atoms with Crippen molar-refractivity contribution in [1.82, 2.24) is 4.98 Å². The van der Waals surface area contributed by atoms with Crippen molar-refractivity contribution in [2.45, 2.75) is 6.54 Å². The third-order valence-electron chi connectivity index (χ3n) is 2.73. The van der Waals surface area contributed by atoms with Crippen LogP contribution in [0.1, 0.15) is 5.56 Å². The summed E-state index contributed by atoms with van der Waals surface area (Å²) in [5.41, 5.74) is 0.783. The van der Waals surface area contributed by atoms with Crippen LogP contribution >= 0.6 is 22.6 Å². The van der Waals surface area contributed by atoms with Crippen molar-refractivity contribution >= 4 is 34.0 Å². The zero-order valence-corrected chi connectivity index (χ0v) is 13.1. The predicted octanol–water partition coefficient (Wildman–Crippen LogP) is 3.35. The first kappa shape index (κ1) is 15.4. The van der Waals surface area contributed by atoms with Crippen LogP contribution < -0.4 is 10.1 Å². The minimum atomic E-state index is -0.545. The number of ether oxygens (including phenoxy) is 1. The van der Waals surface area contributed by atoms with Crippen molar-refractivity contribution in [2.24, 2.45) is 0 Å². The summed E-state index contributed by atoms with van der Waals surface area (Å²) in [6, 6.07) is 5.76. The molecule has 0 amide bonds. The Morgan fingerprint density at radius 3 is 2.90 bits per heavy atom. The molecule has 0 spiro atoms. The molecule has 6 nitrogen and oxygen atoms in total. The van der Waals surface area contributed by atoms with Gasteiger partial charge in [0.25, 0.3) is 5.69 Å². The molecule has 0 saturated carbocycles. The molecule has 1 N–H and O–H groups in total. The molecule has 1 heterocycles. The Balaban J connectivity index is 2.22. The number of aromatic nitrogens is 1. The molecule has 0 aliphatic rings. The monoisotopic (exact) mass is 403 g/mol. The highest BCUT2D eigenvalue weighted by molar-refractivity contribution is 14.1. The standard InChI is InChI=1S/C13H11FIN3O3/c1-21-13-4-8(2-3-16-13)7-17-11-5-9(14)10(15)6-12(11)18(19)20/h2-6,17H,7H2,1H3. The Morgan fingerprint density at radius 1 is 1.48 bits per heavy atom. The lowest BCUT2D eigenvalue weighted by molar-refractivity contribution is -0.384. The van der Waals surface area contributed by atoms with Crippen molar-refractivity contribution in [3.05, 3.63) is 55.5 Å². The molecule has 8 heteroatoms. The van der Waals surface area contributed by atoms with Gasteiger partial charge >= 0.3 is 0 Å². The zero-order valence-electron chi connectivity index (χ0n) is 11.0. The molecule has 21 heavy (non-hydrogen) atoms. The number of nitro benzene ring substituents is 1. The van der Waals surface area contributed by atoms with Crippen molar-refractivity contribution in [3.63, 3.8) is 0 Å². The maximum absolute atomic E-state index is 13.6. The lowest BCUT2D eigenvalue weighted by Gasteiger charge is -2.09. The summed E-state index contributed by atoms with van der Waals surface area (Å²) in [6.07, 6.45) is 1.57. The van der Waals surface area contributed by atoms with E-state index in [2.05, 4.69) is 10.3 Å². The number of anilines is 1. The molecule has 1 aromatic heterocycles. The maximum Gasteiger partial charge on any atom is 0.293 e. The fraction of sp³-hybridized carbons (Fsp3) is 0.154. The first-order valence-electron chi connectivity index (χ1n) is 5.87. The molecule has 0 fully saturated rings. The van der Waals surface area contributed by atoms with Gasteiger partial charge in [-0.3, -0.25) is 10.1 Å². The van der Waals surface area contributed by atoms with Crippen molar-refractivity contribution in [1.29, 1.82) is 0 Å². The number of nitrogens with zero attached hydrogens (tertiary/aromatic N) is 2. The number of hydrogen-bond donors (Lipinski definition) is 1. The number of methoxy groups -OCH3 is 1. The third-order valence-corrected chi connectivity index (χ3v) is 3.55. The molecule has 0 aliphatic carbocycles. The van der Waals surface area contributed by atoms with E-state index in [1.807, 2.05) is 0 Å². The number of nitro groups is 1. The molecular formula is C13H11FIN3O3. The Labute approximate surface area is 133 Å². The number of benzene rings is 1. The highest BCUT2D eigenvalue weighted by Gasteiger charge is 2.17. The van der Waals surface area contributed by atoms with E-state index in [0.29, 0.717) is 12.4 Å². The van der Waals surface area contributed by atoms with Crippen LogP contribution in [0.15, 0.2) is 30.5 Å². The van der Waals surface area contributed by atoms with Gasteiger partial charge in [0, 0.05) is 30.9 Å². The summed E-state index contributed by atoms with van der Waals surface area (Å²) in [7, 11) is 1.50. The average molecular weight is 403 g/mol. The Morgan fingerprint density at radius 2 is 2.24 bits per heavy atom. The van der Waals surface area contributed by atoms with Gasteiger partial charge in [-0.1, -0.05) is 0 Å². The van der Waals surface area contributed by atoms with E-state index in [1.165, 1.54) is 13.2 Å². The van der Waals surface area contributed by atoms with Gasteiger partial charge in [0.2, 0.25) is 5.88 Å². The molecule has 0 bridgehead atoms. The van der Waals surface area contributed by atoms with Crippen LogP contribution in [0.3, 0.4) is 0 Å². The van der Waals surface area contributed by atoms with Gasteiger partial charge in [-0.15, -0.1) is 0 Å². The highest BCUT2D eigenvalue weighted by atomic mass is 127. The predicted molar refractivity (Wildman–Crippen MR) is 83.9 cm³/mol. The second-order valence-corrected chi connectivity index (χ2v) is 5.26. The van der Waals surface area contributed by atoms with Crippen molar-refractivity contribution in [2.75, 3.05) is 12.4 Å². The molecule has 0 saturated heterocycles. The largest absolute Gasteiger partial charge is 0.481 e.